The van der Waals surface area contributed by atoms with E-state index in [9.17, 15) is 13.5 Å². The molecule has 0 spiro atoms. The molecule has 2 aromatic rings. The number of anilines is 1. The van der Waals surface area contributed by atoms with Crippen LogP contribution in [0.25, 0.3) is 0 Å². The molecule has 0 saturated heterocycles. The van der Waals surface area contributed by atoms with Crippen molar-refractivity contribution in [1.29, 1.82) is 0 Å². The molecule has 2 N–H and O–H groups in total. The van der Waals surface area contributed by atoms with E-state index >= 15 is 0 Å². The molecule has 30 heavy (non-hydrogen) atoms. The standard InChI is InChI=1S/C18H27ClN6O4S/c1-10(2)25-17(13-5-12(6-13)9-26)22-23-18(25)24-30(27,28)11(3)15(29-4)16-20-7-14(19)8-21-16/h7-8,10-13,15,26H,5-6,9H2,1-4H3,(H,23,24)/t11?,12-,13+,15?. The van der Waals surface area contributed by atoms with Crippen LogP contribution in [0, 0.1) is 5.92 Å². The van der Waals surface area contributed by atoms with Crippen molar-refractivity contribution in [3.05, 3.63) is 29.1 Å². The van der Waals surface area contributed by atoms with Crippen molar-refractivity contribution >= 4 is 27.6 Å². The van der Waals surface area contributed by atoms with Gasteiger partial charge in [0, 0.05) is 38.1 Å². The fourth-order valence-corrected chi connectivity index (χ4v) is 4.85. The van der Waals surface area contributed by atoms with E-state index < -0.39 is 21.4 Å². The van der Waals surface area contributed by atoms with Crippen molar-refractivity contribution in [2.24, 2.45) is 5.92 Å². The number of sulfonamides is 1. The monoisotopic (exact) mass is 458 g/mol. The maximum absolute atomic E-state index is 13.1. The number of methoxy groups -OCH3 is 1. The Bertz CT molecular complexity index is 960. The average Bonchev–Trinajstić information content (AvgIpc) is 3.05. The Labute approximate surface area is 181 Å². The highest BCUT2D eigenvalue weighted by Crippen LogP contribution is 2.42. The van der Waals surface area contributed by atoms with Gasteiger partial charge in [-0.3, -0.25) is 9.29 Å². The van der Waals surface area contributed by atoms with Gasteiger partial charge in [0.1, 0.15) is 17.2 Å². The van der Waals surface area contributed by atoms with Crippen LogP contribution in [0.5, 0.6) is 0 Å². The molecular weight excluding hydrogens is 432 g/mol. The molecule has 1 aliphatic rings. The smallest absolute Gasteiger partial charge is 0.240 e. The van der Waals surface area contributed by atoms with Gasteiger partial charge >= 0.3 is 0 Å². The topological polar surface area (TPSA) is 132 Å². The molecule has 0 amide bonds. The summed E-state index contributed by atoms with van der Waals surface area (Å²) >= 11 is 5.82. The average molecular weight is 459 g/mol. The van der Waals surface area contributed by atoms with Crippen molar-refractivity contribution in [2.75, 3.05) is 18.4 Å². The third-order valence-corrected chi connectivity index (χ3v) is 7.28. The van der Waals surface area contributed by atoms with Gasteiger partial charge in [-0.1, -0.05) is 11.6 Å². The molecule has 2 heterocycles. The number of nitrogens with zero attached hydrogens (tertiary/aromatic N) is 5. The van der Waals surface area contributed by atoms with E-state index in [4.69, 9.17) is 16.3 Å². The van der Waals surface area contributed by atoms with Crippen LogP contribution < -0.4 is 4.72 Å². The maximum atomic E-state index is 13.1. The summed E-state index contributed by atoms with van der Waals surface area (Å²) < 4.78 is 35.9. The summed E-state index contributed by atoms with van der Waals surface area (Å²) in [6.07, 6.45) is 3.51. The third-order valence-electron chi connectivity index (χ3n) is 5.40. The van der Waals surface area contributed by atoms with Crippen LogP contribution in [-0.2, 0) is 14.8 Å². The summed E-state index contributed by atoms with van der Waals surface area (Å²) in [6.45, 7) is 5.54. The zero-order chi connectivity index (χ0) is 22.1. The van der Waals surface area contributed by atoms with Crippen LogP contribution in [-0.4, -0.2) is 57.2 Å². The van der Waals surface area contributed by atoms with Gasteiger partial charge in [-0.2, -0.15) is 0 Å². The molecule has 3 rings (SSSR count). The van der Waals surface area contributed by atoms with Crippen LogP contribution in [0.15, 0.2) is 12.4 Å². The molecule has 2 unspecified atom stereocenters. The lowest BCUT2D eigenvalue weighted by Gasteiger charge is -2.34. The first-order valence-corrected chi connectivity index (χ1v) is 11.7. The molecule has 0 aliphatic heterocycles. The van der Waals surface area contributed by atoms with Crippen LogP contribution in [0.3, 0.4) is 0 Å². The van der Waals surface area contributed by atoms with Crippen molar-refractivity contribution in [2.45, 2.75) is 56.9 Å². The first kappa shape index (κ1) is 22.9. The van der Waals surface area contributed by atoms with E-state index in [0.717, 1.165) is 18.7 Å². The van der Waals surface area contributed by atoms with Crippen molar-refractivity contribution in [3.63, 3.8) is 0 Å². The second kappa shape index (κ2) is 9.13. The number of halogens is 1. The highest BCUT2D eigenvalue weighted by Gasteiger charge is 2.37. The second-order valence-electron chi connectivity index (χ2n) is 7.83. The van der Waals surface area contributed by atoms with Gasteiger partial charge in [-0.05, 0) is 39.5 Å². The number of rotatable bonds is 9. The van der Waals surface area contributed by atoms with Gasteiger partial charge in [-0.25, -0.2) is 18.4 Å². The van der Waals surface area contributed by atoms with E-state index in [1.54, 1.807) is 4.57 Å². The minimum absolute atomic E-state index is 0.0472. The molecule has 2 aromatic heterocycles. The second-order valence-corrected chi connectivity index (χ2v) is 10.3. The van der Waals surface area contributed by atoms with Crippen molar-refractivity contribution in [3.8, 4) is 0 Å². The predicted molar refractivity (Wildman–Crippen MR) is 112 cm³/mol. The van der Waals surface area contributed by atoms with Gasteiger partial charge in [0.05, 0.1) is 5.02 Å². The number of hydrogen-bond acceptors (Lipinski definition) is 8. The lowest BCUT2D eigenvalue weighted by Crippen LogP contribution is -2.34. The van der Waals surface area contributed by atoms with Crippen molar-refractivity contribution in [1.82, 2.24) is 24.7 Å². The van der Waals surface area contributed by atoms with Gasteiger partial charge in [0.2, 0.25) is 16.0 Å². The highest BCUT2D eigenvalue weighted by atomic mass is 35.5. The molecule has 2 atom stereocenters. The Morgan fingerprint density at radius 2 is 1.90 bits per heavy atom. The predicted octanol–water partition coefficient (Wildman–Crippen LogP) is 2.31. The third kappa shape index (κ3) is 4.58. The van der Waals surface area contributed by atoms with Gasteiger partial charge < -0.3 is 9.84 Å². The molecule has 1 aliphatic carbocycles. The molecule has 10 nitrogen and oxygen atoms in total. The number of hydrogen-bond donors (Lipinski definition) is 2. The largest absolute Gasteiger partial charge is 0.396 e. The van der Waals surface area contributed by atoms with E-state index in [1.807, 2.05) is 13.8 Å². The van der Waals surface area contributed by atoms with Crippen LogP contribution in [0.1, 0.15) is 63.3 Å². The Morgan fingerprint density at radius 3 is 2.43 bits per heavy atom. The summed E-state index contributed by atoms with van der Waals surface area (Å²) in [7, 11) is -2.51. The summed E-state index contributed by atoms with van der Waals surface area (Å²) in [5.41, 5.74) is 0. The van der Waals surface area contributed by atoms with E-state index in [1.165, 1.54) is 26.4 Å². The maximum Gasteiger partial charge on any atom is 0.240 e. The zero-order valence-corrected chi connectivity index (χ0v) is 18.9. The Morgan fingerprint density at radius 1 is 1.27 bits per heavy atom. The van der Waals surface area contributed by atoms with Crippen LogP contribution in [0.4, 0.5) is 5.95 Å². The number of nitrogens with one attached hydrogen (secondary N) is 1. The molecular formula is C18H27ClN6O4S. The first-order valence-electron chi connectivity index (χ1n) is 9.75. The Kier molecular flexibility index (Phi) is 6.95. The van der Waals surface area contributed by atoms with Gasteiger partial charge in [0.15, 0.2) is 5.82 Å². The Balaban J connectivity index is 1.83. The van der Waals surface area contributed by atoms with E-state index in [2.05, 4.69) is 24.9 Å². The van der Waals surface area contributed by atoms with Gasteiger partial charge in [0.25, 0.3) is 0 Å². The molecule has 0 bridgehead atoms. The lowest BCUT2D eigenvalue weighted by atomic mass is 9.75. The lowest BCUT2D eigenvalue weighted by molar-refractivity contribution is 0.0950. The van der Waals surface area contributed by atoms with Crippen LogP contribution in [0.2, 0.25) is 5.02 Å². The fourth-order valence-electron chi connectivity index (χ4n) is 3.62. The molecule has 1 fully saturated rings. The summed E-state index contributed by atoms with van der Waals surface area (Å²) in [4.78, 5) is 8.17. The highest BCUT2D eigenvalue weighted by molar-refractivity contribution is 7.93. The van der Waals surface area contributed by atoms with E-state index in [-0.39, 0.29) is 36.3 Å². The molecule has 0 aromatic carbocycles. The quantitative estimate of drug-likeness (QED) is 0.584. The SMILES string of the molecule is COC(c1ncc(Cl)cn1)C(C)S(=O)(=O)Nc1nnc([C@H]2C[C@@H](CO)C2)n1C(C)C. The zero-order valence-electron chi connectivity index (χ0n) is 17.4. The van der Waals surface area contributed by atoms with Gasteiger partial charge in [-0.15, -0.1) is 10.2 Å². The summed E-state index contributed by atoms with van der Waals surface area (Å²) in [6, 6.07) is -0.0472. The number of aliphatic hydroxyl groups excluding tert-OH is 1. The fraction of sp³-hybridized carbons (Fsp3) is 0.667. The van der Waals surface area contributed by atoms with E-state index in [0.29, 0.717) is 5.02 Å². The molecule has 12 heteroatoms. The first-order chi connectivity index (χ1) is 14.2. The number of aliphatic hydroxyl groups is 1. The number of ether oxygens (including phenoxy) is 1. The molecule has 166 valence electrons. The Hall–Kier alpha value is -1.82. The molecule has 1 saturated carbocycles. The minimum Gasteiger partial charge on any atom is -0.396 e. The number of aromatic nitrogens is 5. The van der Waals surface area contributed by atoms with Crippen molar-refractivity contribution < 1.29 is 18.3 Å². The molecule has 0 radical (unpaired) electrons. The van der Waals surface area contributed by atoms with Crippen LogP contribution >= 0.6 is 11.6 Å². The normalized spacial score (nSPS) is 21.3. The summed E-state index contributed by atoms with van der Waals surface area (Å²) in [5.74, 6) is 1.52. The summed E-state index contributed by atoms with van der Waals surface area (Å²) in [5, 5.41) is 16.9. The minimum atomic E-state index is -3.91.